The number of fused-ring (bicyclic) bond motifs is 1. The van der Waals surface area contributed by atoms with Crippen LogP contribution in [0.15, 0.2) is 23.9 Å². The summed E-state index contributed by atoms with van der Waals surface area (Å²) in [7, 11) is 3.20. The van der Waals surface area contributed by atoms with Crippen LogP contribution in [-0.2, 0) is 21.4 Å². The van der Waals surface area contributed by atoms with Gasteiger partial charge in [-0.3, -0.25) is 4.90 Å². The number of ether oxygens (including phenoxy) is 2. The average Bonchev–Trinajstić information content (AvgIpc) is 2.92. The molecule has 0 aromatic carbocycles. The summed E-state index contributed by atoms with van der Waals surface area (Å²) in [5, 5.41) is 0. The van der Waals surface area contributed by atoms with Crippen LogP contribution in [0, 0.1) is 0 Å². The van der Waals surface area contributed by atoms with E-state index < -0.39 is 0 Å². The number of aromatic nitrogens is 1. The van der Waals surface area contributed by atoms with E-state index in [2.05, 4.69) is 16.0 Å². The Balaban J connectivity index is 1.86. The zero-order valence-electron chi connectivity index (χ0n) is 14.4. The number of hydrogen-bond acceptors (Lipinski definition) is 5. The minimum Gasteiger partial charge on any atom is -0.464 e. The van der Waals surface area contributed by atoms with E-state index in [0.717, 1.165) is 45.2 Å². The third-order valence-electron chi connectivity index (χ3n) is 5.91. The van der Waals surface area contributed by atoms with Crippen molar-refractivity contribution in [2.45, 2.75) is 43.7 Å². The maximum absolute atomic E-state index is 11.9. The van der Waals surface area contributed by atoms with E-state index in [9.17, 15) is 4.79 Å². The van der Waals surface area contributed by atoms with Crippen molar-refractivity contribution in [3.8, 4) is 0 Å². The molecule has 1 spiro atoms. The van der Waals surface area contributed by atoms with Gasteiger partial charge in [-0.15, -0.1) is 0 Å². The van der Waals surface area contributed by atoms with Crippen LogP contribution >= 0.6 is 0 Å². The largest absolute Gasteiger partial charge is 0.464 e. The summed E-state index contributed by atoms with van der Waals surface area (Å²) < 4.78 is 10.6. The van der Waals surface area contributed by atoms with Gasteiger partial charge in [0, 0.05) is 26.3 Å². The molecular weight excluding hydrogens is 304 g/mol. The van der Waals surface area contributed by atoms with E-state index in [4.69, 9.17) is 9.47 Å². The third-order valence-corrected chi connectivity index (χ3v) is 5.91. The van der Waals surface area contributed by atoms with Crippen molar-refractivity contribution in [3.63, 3.8) is 0 Å². The molecule has 3 aliphatic rings. The predicted molar refractivity (Wildman–Crippen MR) is 89.9 cm³/mol. The number of nitrogens with zero attached hydrogens (tertiary/aromatic N) is 2. The highest BCUT2D eigenvalue weighted by molar-refractivity contribution is 5.87. The Morgan fingerprint density at radius 1 is 1.33 bits per heavy atom. The first-order chi connectivity index (χ1) is 11.7. The molecular formula is C19H24N2O3. The van der Waals surface area contributed by atoms with Gasteiger partial charge in [0.25, 0.3) is 0 Å². The van der Waals surface area contributed by atoms with Crippen LogP contribution in [0.25, 0.3) is 0 Å². The van der Waals surface area contributed by atoms with Crippen LogP contribution in [0.5, 0.6) is 0 Å². The van der Waals surface area contributed by atoms with Crippen LogP contribution in [0.2, 0.25) is 0 Å². The Kier molecular flexibility index (Phi) is 3.93. The molecule has 0 bridgehead atoms. The monoisotopic (exact) mass is 328 g/mol. The molecule has 128 valence electrons. The quantitative estimate of drug-likeness (QED) is 0.616. The van der Waals surface area contributed by atoms with Gasteiger partial charge in [-0.2, -0.15) is 0 Å². The molecule has 0 amide bonds. The van der Waals surface area contributed by atoms with Crippen molar-refractivity contribution >= 4 is 5.97 Å². The molecule has 0 unspecified atom stereocenters. The first kappa shape index (κ1) is 15.8. The number of rotatable bonds is 2. The molecule has 0 saturated carbocycles. The molecule has 24 heavy (non-hydrogen) atoms. The molecule has 0 N–H and O–H groups in total. The van der Waals surface area contributed by atoms with Crippen molar-refractivity contribution in [2.75, 3.05) is 27.3 Å². The van der Waals surface area contributed by atoms with Crippen LogP contribution in [0.3, 0.4) is 0 Å². The molecule has 1 aromatic heterocycles. The van der Waals surface area contributed by atoms with Crippen LogP contribution in [0.1, 0.15) is 47.3 Å². The summed E-state index contributed by atoms with van der Waals surface area (Å²) in [6, 6.07) is 1.94. The smallest absolute Gasteiger partial charge is 0.356 e. The number of esters is 1. The van der Waals surface area contributed by atoms with Crippen LogP contribution < -0.4 is 0 Å². The minimum atomic E-state index is -0.364. The van der Waals surface area contributed by atoms with E-state index in [1.165, 1.54) is 23.8 Å². The Labute approximate surface area is 142 Å². The van der Waals surface area contributed by atoms with Gasteiger partial charge in [0.1, 0.15) is 5.69 Å². The third kappa shape index (κ3) is 2.22. The number of hydrogen-bond donors (Lipinski definition) is 0. The van der Waals surface area contributed by atoms with Gasteiger partial charge >= 0.3 is 5.97 Å². The molecule has 1 saturated heterocycles. The van der Waals surface area contributed by atoms with Crippen LogP contribution in [-0.4, -0.2) is 49.3 Å². The SMILES string of the molecule is COC(=O)c1cc2c(cn1)[C@]13C[C@@H](OC)CC=C1CCN3CCC2. The second-order valence-electron chi connectivity index (χ2n) is 6.95. The first-order valence-electron chi connectivity index (χ1n) is 8.74. The highest BCUT2D eigenvalue weighted by atomic mass is 16.5. The minimum absolute atomic E-state index is 0.0909. The zero-order valence-corrected chi connectivity index (χ0v) is 14.4. The maximum Gasteiger partial charge on any atom is 0.356 e. The van der Waals surface area contributed by atoms with E-state index in [1.54, 1.807) is 7.11 Å². The van der Waals surface area contributed by atoms with E-state index >= 15 is 0 Å². The van der Waals surface area contributed by atoms with E-state index in [1.807, 2.05) is 12.3 Å². The molecule has 5 nitrogen and oxygen atoms in total. The highest BCUT2D eigenvalue weighted by Gasteiger charge is 2.51. The number of carbonyl (C=O) groups is 1. The van der Waals surface area contributed by atoms with Crippen molar-refractivity contribution in [2.24, 2.45) is 0 Å². The summed E-state index contributed by atoms with van der Waals surface area (Å²) in [4.78, 5) is 18.9. The Bertz CT molecular complexity index is 700. The Morgan fingerprint density at radius 2 is 2.21 bits per heavy atom. The first-order valence-corrected chi connectivity index (χ1v) is 8.74. The van der Waals surface area contributed by atoms with Gasteiger partial charge in [-0.25, -0.2) is 9.78 Å². The summed E-state index contributed by atoms with van der Waals surface area (Å²) >= 11 is 0. The van der Waals surface area contributed by atoms with Crippen LogP contribution in [0.4, 0.5) is 0 Å². The molecule has 1 aromatic rings. The Hall–Kier alpha value is -1.72. The summed E-state index contributed by atoms with van der Waals surface area (Å²) in [5.74, 6) is -0.364. The second-order valence-corrected chi connectivity index (χ2v) is 6.95. The molecule has 4 rings (SSSR count). The van der Waals surface area contributed by atoms with Gasteiger partial charge in [0.05, 0.1) is 18.8 Å². The van der Waals surface area contributed by atoms with Gasteiger partial charge in [-0.05, 0) is 55.0 Å². The molecule has 1 fully saturated rings. The topological polar surface area (TPSA) is 51.7 Å². The maximum atomic E-state index is 11.9. The lowest BCUT2D eigenvalue weighted by Gasteiger charge is -2.44. The van der Waals surface area contributed by atoms with Crippen molar-refractivity contribution < 1.29 is 14.3 Å². The molecule has 5 heteroatoms. The van der Waals surface area contributed by atoms with E-state index in [0.29, 0.717) is 5.69 Å². The molecule has 2 aliphatic heterocycles. The van der Waals surface area contributed by atoms with Gasteiger partial charge in [0.15, 0.2) is 0 Å². The lowest BCUT2D eigenvalue weighted by molar-refractivity contribution is 0.0345. The fourth-order valence-corrected chi connectivity index (χ4v) is 4.76. The number of carbonyl (C=O) groups excluding carboxylic acids is 1. The Morgan fingerprint density at radius 3 is 3.00 bits per heavy atom. The van der Waals surface area contributed by atoms with Gasteiger partial charge in [-0.1, -0.05) is 6.08 Å². The number of pyridine rings is 1. The molecule has 1 aliphatic carbocycles. The standard InChI is InChI=1S/C19H24N2O3/c1-23-15-6-5-14-7-9-21-8-3-4-13-10-17(18(22)24-2)20-12-16(13)19(14,21)11-15/h5,10,12,15H,3-4,6-9,11H2,1-2H3/t15-,19-/m0/s1. The summed E-state index contributed by atoms with van der Waals surface area (Å²) in [5.41, 5.74) is 4.32. The second kappa shape index (κ2) is 5.97. The lowest BCUT2D eigenvalue weighted by atomic mass is 9.73. The van der Waals surface area contributed by atoms with Gasteiger partial charge in [0.2, 0.25) is 0 Å². The zero-order chi connectivity index (χ0) is 16.7. The highest BCUT2D eigenvalue weighted by Crippen LogP contribution is 2.51. The summed E-state index contributed by atoms with van der Waals surface area (Å²) in [6.45, 7) is 2.18. The molecule has 3 heterocycles. The fourth-order valence-electron chi connectivity index (χ4n) is 4.76. The number of methoxy groups -OCH3 is 2. The van der Waals surface area contributed by atoms with Crippen molar-refractivity contribution in [3.05, 3.63) is 40.7 Å². The average molecular weight is 328 g/mol. The van der Waals surface area contributed by atoms with E-state index in [-0.39, 0.29) is 17.6 Å². The normalized spacial score (nSPS) is 29.1. The molecule has 2 atom stereocenters. The molecule has 0 radical (unpaired) electrons. The van der Waals surface area contributed by atoms with Crippen molar-refractivity contribution in [1.29, 1.82) is 0 Å². The van der Waals surface area contributed by atoms with Gasteiger partial charge < -0.3 is 9.47 Å². The fraction of sp³-hybridized carbons (Fsp3) is 0.579. The van der Waals surface area contributed by atoms with Crippen molar-refractivity contribution in [1.82, 2.24) is 9.88 Å². The lowest BCUT2D eigenvalue weighted by Crippen LogP contribution is -2.46. The summed E-state index contributed by atoms with van der Waals surface area (Å²) in [6.07, 6.45) is 9.69. The predicted octanol–water partition coefficient (Wildman–Crippen LogP) is 2.45. The number of aryl methyl sites for hydroxylation is 1.